The molecule has 0 fully saturated rings. The number of benzene rings is 1. The standard InChI is InChI=1S/C10H9NO2/c12-7-8-3-1-2-4-9(8)10-5-6-11-13-10/h1-4,6-7,10H,5H2. The Morgan fingerprint density at radius 1 is 1.46 bits per heavy atom. The van der Waals surface area contributed by atoms with Crippen LogP contribution in [0.15, 0.2) is 29.4 Å². The van der Waals surface area contributed by atoms with Gasteiger partial charge in [-0.2, -0.15) is 0 Å². The van der Waals surface area contributed by atoms with Crippen molar-refractivity contribution in [1.29, 1.82) is 0 Å². The Hall–Kier alpha value is -1.64. The fraction of sp³-hybridized carbons (Fsp3) is 0.200. The molecule has 0 spiro atoms. The van der Waals surface area contributed by atoms with E-state index in [1.165, 1.54) is 0 Å². The summed E-state index contributed by atoms with van der Waals surface area (Å²) in [6.07, 6.45) is 3.22. The molecule has 1 aliphatic rings. The van der Waals surface area contributed by atoms with E-state index in [4.69, 9.17) is 4.84 Å². The van der Waals surface area contributed by atoms with Crippen LogP contribution in [0.25, 0.3) is 0 Å². The molecule has 1 unspecified atom stereocenters. The Balaban J connectivity index is 2.32. The molecule has 0 saturated carbocycles. The van der Waals surface area contributed by atoms with Crippen LogP contribution in [-0.4, -0.2) is 12.5 Å². The number of hydrogen-bond acceptors (Lipinski definition) is 3. The van der Waals surface area contributed by atoms with Crippen LogP contribution in [0.4, 0.5) is 0 Å². The number of oxime groups is 1. The van der Waals surface area contributed by atoms with E-state index in [1.54, 1.807) is 12.3 Å². The predicted octanol–water partition coefficient (Wildman–Crippen LogP) is 1.95. The molecule has 1 aromatic rings. The molecule has 0 amide bonds. The molecule has 1 atom stereocenters. The summed E-state index contributed by atoms with van der Waals surface area (Å²) in [5, 5.41) is 3.68. The van der Waals surface area contributed by atoms with Crippen LogP contribution >= 0.6 is 0 Å². The van der Waals surface area contributed by atoms with Gasteiger partial charge in [0.25, 0.3) is 0 Å². The van der Waals surface area contributed by atoms with Crippen LogP contribution < -0.4 is 0 Å². The average Bonchev–Trinajstić information content (AvgIpc) is 2.70. The minimum atomic E-state index is -0.0820. The van der Waals surface area contributed by atoms with Gasteiger partial charge in [0.1, 0.15) is 6.29 Å². The SMILES string of the molecule is O=Cc1ccccc1C1CC=NO1. The zero-order valence-corrected chi connectivity index (χ0v) is 7.01. The van der Waals surface area contributed by atoms with E-state index in [0.29, 0.717) is 5.56 Å². The first-order valence-corrected chi connectivity index (χ1v) is 4.13. The van der Waals surface area contributed by atoms with E-state index >= 15 is 0 Å². The fourth-order valence-corrected chi connectivity index (χ4v) is 1.39. The molecule has 0 radical (unpaired) electrons. The summed E-state index contributed by atoms with van der Waals surface area (Å²) >= 11 is 0. The molecule has 1 heterocycles. The van der Waals surface area contributed by atoms with Crippen molar-refractivity contribution in [2.75, 3.05) is 0 Å². The molecule has 0 saturated heterocycles. The maximum atomic E-state index is 10.7. The highest BCUT2D eigenvalue weighted by atomic mass is 16.6. The second kappa shape index (κ2) is 3.39. The van der Waals surface area contributed by atoms with Crippen molar-refractivity contribution in [3.63, 3.8) is 0 Å². The number of aldehydes is 1. The smallest absolute Gasteiger partial charge is 0.158 e. The molecule has 1 aliphatic heterocycles. The maximum Gasteiger partial charge on any atom is 0.158 e. The molecule has 2 rings (SSSR count). The van der Waals surface area contributed by atoms with Gasteiger partial charge >= 0.3 is 0 Å². The number of hydrogen-bond donors (Lipinski definition) is 0. The molecule has 3 nitrogen and oxygen atoms in total. The van der Waals surface area contributed by atoms with Gasteiger partial charge in [0.05, 0.1) is 0 Å². The van der Waals surface area contributed by atoms with Crippen molar-refractivity contribution < 1.29 is 9.63 Å². The summed E-state index contributed by atoms with van der Waals surface area (Å²) < 4.78 is 0. The molecule has 3 heteroatoms. The molecule has 0 aliphatic carbocycles. The normalized spacial score (nSPS) is 19.8. The van der Waals surface area contributed by atoms with Crippen LogP contribution in [0.5, 0.6) is 0 Å². The first-order chi connectivity index (χ1) is 6.42. The molecule has 0 bridgehead atoms. The zero-order chi connectivity index (χ0) is 9.10. The monoisotopic (exact) mass is 175 g/mol. The first kappa shape index (κ1) is 7.98. The van der Waals surface area contributed by atoms with Gasteiger partial charge in [0, 0.05) is 23.8 Å². The lowest BCUT2D eigenvalue weighted by Crippen LogP contribution is -2.00. The highest BCUT2D eigenvalue weighted by Gasteiger charge is 2.18. The van der Waals surface area contributed by atoms with Gasteiger partial charge in [-0.1, -0.05) is 29.4 Å². The van der Waals surface area contributed by atoms with Crippen molar-refractivity contribution in [3.05, 3.63) is 35.4 Å². The third kappa shape index (κ3) is 1.45. The predicted molar refractivity (Wildman–Crippen MR) is 48.8 cm³/mol. The number of carbonyl (C=O) groups is 1. The molecular weight excluding hydrogens is 166 g/mol. The molecule has 1 aromatic carbocycles. The molecule has 66 valence electrons. The second-order valence-electron chi connectivity index (χ2n) is 2.86. The summed E-state index contributed by atoms with van der Waals surface area (Å²) in [7, 11) is 0. The van der Waals surface area contributed by atoms with Crippen LogP contribution in [0.2, 0.25) is 0 Å². The molecule has 13 heavy (non-hydrogen) atoms. The van der Waals surface area contributed by atoms with E-state index in [0.717, 1.165) is 18.3 Å². The molecule has 0 N–H and O–H groups in total. The Kier molecular flexibility index (Phi) is 2.08. The third-order valence-corrected chi connectivity index (χ3v) is 2.05. The summed E-state index contributed by atoms with van der Waals surface area (Å²) in [5.41, 5.74) is 1.59. The lowest BCUT2D eigenvalue weighted by molar-refractivity contribution is 0.0844. The maximum absolute atomic E-state index is 10.7. The minimum Gasteiger partial charge on any atom is -0.388 e. The molecular formula is C10H9NO2. The Bertz CT molecular complexity index is 339. The topological polar surface area (TPSA) is 38.7 Å². The Labute approximate surface area is 76.0 Å². The van der Waals surface area contributed by atoms with Crippen molar-refractivity contribution in [3.8, 4) is 0 Å². The van der Waals surface area contributed by atoms with Crippen molar-refractivity contribution in [2.24, 2.45) is 5.16 Å². The number of nitrogens with zero attached hydrogens (tertiary/aromatic N) is 1. The van der Waals surface area contributed by atoms with E-state index in [2.05, 4.69) is 5.16 Å². The Morgan fingerprint density at radius 2 is 2.31 bits per heavy atom. The van der Waals surface area contributed by atoms with E-state index in [1.807, 2.05) is 18.2 Å². The Morgan fingerprint density at radius 3 is 3.00 bits per heavy atom. The lowest BCUT2D eigenvalue weighted by Gasteiger charge is -2.09. The number of rotatable bonds is 2. The lowest BCUT2D eigenvalue weighted by atomic mass is 10.0. The first-order valence-electron chi connectivity index (χ1n) is 4.13. The van der Waals surface area contributed by atoms with Crippen molar-refractivity contribution >= 4 is 12.5 Å². The summed E-state index contributed by atoms with van der Waals surface area (Å²) in [5.74, 6) is 0. The van der Waals surface area contributed by atoms with Gasteiger partial charge in [-0.25, -0.2) is 0 Å². The summed E-state index contributed by atoms with van der Waals surface area (Å²) in [6.45, 7) is 0. The van der Waals surface area contributed by atoms with Gasteiger partial charge < -0.3 is 4.84 Å². The highest BCUT2D eigenvalue weighted by molar-refractivity contribution is 5.78. The van der Waals surface area contributed by atoms with Gasteiger partial charge in [-0.05, 0) is 0 Å². The third-order valence-electron chi connectivity index (χ3n) is 2.05. The van der Waals surface area contributed by atoms with Gasteiger partial charge in [0.15, 0.2) is 6.10 Å². The number of carbonyl (C=O) groups excluding carboxylic acids is 1. The van der Waals surface area contributed by atoms with Gasteiger partial charge in [-0.3, -0.25) is 4.79 Å². The van der Waals surface area contributed by atoms with E-state index in [-0.39, 0.29) is 6.10 Å². The van der Waals surface area contributed by atoms with E-state index in [9.17, 15) is 4.79 Å². The zero-order valence-electron chi connectivity index (χ0n) is 7.01. The molecule has 0 aromatic heterocycles. The van der Waals surface area contributed by atoms with Gasteiger partial charge in [0.2, 0.25) is 0 Å². The van der Waals surface area contributed by atoms with Gasteiger partial charge in [-0.15, -0.1) is 0 Å². The second-order valence-corrected chi connectivity index (χ2v) is 2.86. The van der Waals surface area contributed by atoms with Crippen LogP contribution in [0.1, 0.15) is 28.4 Å². The van der Waals surface area contributed by atoms with Crippen molar-refractivity contribution in [1.82, 2.24) is 0 Å². The fourth-order valence-electron chi connectivity index (χ4n) is 1.39. The summed E-state index contributed by atoms with van der Waals surface area (Å²) in [6, 6.07) is 7.40. The van der Waals surface area contributed by atoms with Crippen LogP contribution in [0, 0.1) is 0 Å². The summed E-state index contributed by atoms with van der Waals surface area (Å²) in [4.78, 5) is 15.8. The van der Waals surface area contributed by atoms with Crippen LogP contribution in [-0.2, 0) is 4.84 Å². The van der Waals surface area contributed by atoms with Crippen molar-refractivity contribution in [2.45, 2.75) is 12.5 Å². The largest absolute Gasteiger partial charge is 0.388 e. The quantitative estimate of drug-likeness (QED) is 0.644. The highest BCUT2D eigenvalue weighted by Crippen LogP contribution is 2.26. The van der Waals surface area contributed by atoms with Crippen LogP contribution in [0.3, 0.4) is 0 Å². The minimum absolute atomic E-state index is 0.0820. The van der Waals surface area contributed by atoms with E-state index < -0.39 is 0 Å². The average molecular weight is 175 g/mol.